The molecule has 2 aliphatic heterocycles. The minimum absolute atomic E-state index is 0.0827. The van der Waals surface area contributed by atoms with Gasteiger partial charge in [0.1, 0.15) is 0 Å². The highest BCUT2D eigenvalue weighted by molar-refractivity contribution is 8.17. The maximum Gasteiger partial charge on any atom is 0.257 e. The van der Waals surface area contributed by atoms with E-state index >= 15 is 0 Å². The van der Waals surface area contributed by atoms with E-state index in [9.17, 15) is 8.42 Å². The summed E-state index contributed by atoms with van der Waals surface area (Å²) in [5, 5.41) is 2.56. The zero-order valence-corrected chi connectivity index (χ0v) is 13.7. The first-order chi connectivity index (χ1) is 10.00. The number of sulfonamides is 1. The molecule has 0 bridgehead atoms. The fourth-order valence-electron chi connectivity index (χ4n) is 2.44. The first-order valence-corrected chi connectivity index (χ1v) is 9.56. The van der Waals surface area contributed by atoms with Crippen LogP contribution in [0.5, 0.6) is 0 Å². The van der Waals surface area contributed by atoms with Crippen LogP contribution in [0.3, 0.4) is 0 Å². The predicted molar refractivity (Wildman–Crippen MR) is 88.6 cm³/mol. The Morgan fingerprint density at radius 3 is 2.71 bits per heavy atom. The van der Waals surface area contributed by atoms with E-state index in [1.807, 2.05) is 10.3 Å². The van der Waals surface area contributed by atoms with Crippen molar-refractivity contribution in [2.45, 2.75) is 26.2 Å². The van der Waals surface area contributed by atoms with E-state index in [1.165, 1.54) is 17.3 Å². The molecule has 21 heavy (non-hydrogen) atoms. The van der Waals surface area contributed by atoms with Gasteiger partial charge in [0.25, 0.3) is 10.0 Å². The highest BCUT2D eigenvalue weighted by Gasteiger charge is 2.31. The summed E-state index contributed by atoms with van der Waals surface area (Å²) in [5.41, 5.74) is 3.49. The average Bonchev–Trinajstić information content (AvgIpc) is 2.88. The molecule has 6 heteroatoms. The molecule has 0 saturated heterocycles. The van der Waals surface area contributed by atoms with E-state index in [2.05, 4.69) is 42.5 Å². The zero-order valence-electron chi connectivity index (χ0n) is 12.1. The van der Waals surface area contributed by atoms with Gasteiger partial charge in [0, 0.05) is 12.0 Å². The fourth-order valence-corrected chi connectivity index (χ4v) is 4.59. The second-order valence-corrected chi connectivity index (χ2v) is 7.95. The molecular weight excluding hydrogens is 304 g/mol. The Labute approximate surface area is 130 Å². The molecular formula is C15H18N2O2S2. The van der Waals surface area contributed by atoms with Crippen molar-refractivity contribution in [2.75, 3.05) is 12.3 Å². The van der Waals surface area contributed by atoms with Gasteiger partial charge in [-0.15, -0.1) is 4.40 Å². The third-order valence-electron chi connectivity index (χ3n) is 3.98. The Morgan fingerprint density at radius 2 is 2.05 bits per heavy atom. The van der Waals surface area contributed by atoms with Crippen LogP contribution in [0, 0.1) is 0 Å². The predicted octanol–water partition coefficient (Wildman–Crippen LogP) is 3.25. The van der Waals surface area contributed by atoms with Crippen LogP contribution in [0.25, 0.3) is 5.70 Å². The van der Waals surface area contributed by atoms with Gasteiger partial charge in [0.2, 0.25) is 0 Å². The number of fused-ring (bicyclic) bond motifs is 1. The maximum absolute atomic E-state index is 11.5. The number of hydrogen-bond acceptors (Lipinski definition) is 4. The van der Waals surface area contributed by atoms with Gasteiger partial charge in [-0.1, -0.05) is 49.9 Å². The maximum atomic E-state index is 11.5. The van der Waals surface area contributed by atoms with Gasteiger partial charge in [-0.3, -0.25) is 0 Å². The number of thioether (sulfide) groups is 1. The number of rotatable bonds is 3. The highest BCUT2D eigenvalue weighted by Crippen LogP contribution is 2.35. The minimum Gasteiger partial charge on any atom is -0.318 e. The number of benzene rings is 1. The van der Waals surface area contributed by atoms with E-state index in [0.717, 1.165) is 17.7 Å². The highest BCUT2D eigenvalue weighted by atomic mass is 32.2. The number of nitrogens with zero attached hydrogens (tertiary/aromatic N) is 2. The van der Waals surface area contributed by atoms with E-state index in [1.54, 1.807) is 0 Å². The lowest BCUT2D eigenvalue weighted by atomic mass is 9.97. The van der Waals surface area contributed by atoms with Crippen LogP contribution in [-0.2, 0) is 10.0 Å². The zero-order chi connectivity index (χ0) is 15.0. The van der Waals surface area contributed by atoms with E-state index in [-0.39, 0.29) is 5.75 Å². The summed E-state index contributed by atoms with van der Waals surface area (Å²) in [7, 11) is -3.27. The Morgan fingerprint density at radius 1 is 1.33 bits per heavy atom. The molecule has 0 amide bonds. The molecule has 2 heterocycles. The Bertz CT molecular complexity index is 706. The van der Waals surface area contributed by atoms with Crippen molar-refractivity contribution in [3.8, 4) is 0 Å². The molecule has 1 aromatic carbocycles. The van der Waals surface area contributed by atoms with Crippen molar-refractivity contribution in [3.05, 3.63) is 40.8 Å². The third-order valence-corrected chi connectivity index (χ3v) is 6.10. The molecule has 0 unspecified atom stereocenters. The molecule has 0 spiro atoms. The van der Waals surface area contributed by atoms with Crippen LogP contribution in [0.4, 0.5) is 0 Å². The van der Waals surface area contributed by atoms with Gasteiger partial charge in [-0.05, 0) is 23.5 Å². The molecule has 112 valence electrons. The Balaban J connectivity index is 1.86. The van der Waals surface area contributed by atoms with E-state index in [0.29, 0.717) is 17.6 Å². The second kappa shape index (κ2) is 5.50. The van der Waals surface area contributed by atoms with Gasteiger partial charge < -0.3 is 4.90 Å². The lowest BCUT2D eigenvalue weighted by Crippen LogP contribution is -2.34. The molecule has 0 aliphatic carbocycles. The summed E-state index contributed by atoms with van der Waals surface area (Å²) in [6.07, 6.45) is 1.12. The summed E-state index contributed by atoms with van der Waals surface area (Å²) in [4.78, 5) is 1.99. The smallest absolute Gasteiger partial charge is 0.257 e. The van der Waals surface area contributed by atoms with Gasteiger partial charge in [0.15, 0.2) is 5.17 Å². The fraction of sp³-hybridized carbons (Fsp3) is 0.400. The molecule has 4 nitrogen and oxygen atoms in total. The summed E-state index contributed by atoms with van der Waals surface area (Å²) >= 11 is 1.38. The van der Waals surface area contributed by atoms with Crippen molar-refractivity contribution in [1.82, 2.24) is 4.90 Å². The van der Waals surface area contributed by atoms with Crippen LogP contribution in [-0.4, -0.2) is 30.8 Å². The van der Waals surface area contributed by atoms with Gasteiger partial charge in [-0.25, -0.2) is 8.42 Å². The molecule has 3 rings (SSSR count). The van der Waals surface area contributed by atoms with Crippen LogP contribution >= 0.6 is 11.8 Å². The number of hydrogen-bond donors (Lipinski definition) is 0. The van der Waals surface area contributed by atoms with Gasteiger partial charge >= 0.3 is 0 Å². The van der Waals surface area contributed by atoms with Gasteiger partial charge in [-0.2, -0.15) is 0 Å². The molecule has 2 aliphatic rings. The molecule has 0 radical (unpaired) electrons. The van der Waals surface area contributed by atoms with Crippen molar-refractivity contribution >= 4 is 32.6 Å². The van der Waals surface area contributed by atoms with Crippen molar-refractivity contribution in [2.24, 2.45) is 4.40 Å². The van der Waals surface area contributed by atoms with Crippen LogP contribution < -0.4 is 0 Å². The lowest BCUT2D eigenvalue weighted by molar-refractivity contribution is 0.567. The number of amidine groups is 1. The molecule has 1 aromatic rings. The Kier molecular flexibility index (Phi) is 3.84. The monoisotopic (exact) mass is 322 g/mol. The second-order valence-electron chi connectivity index (χ2n) is 5.36. The standard InChI is InChI=1S/C15H18N2O2S2/c1-3-11(2)12-4-6-13(7-5-12)14-10-20-15-16-21(18,19)9-8-17(14)15/h4-7,10-11H,3,8-9H2,1-2H3/t11-/m0/s1. The van der Waals surface area contributed by atoms with Crippen LogP contribution in [0.2, 0.25) is 0 Å². The van der Waals surface area contributed by atoms with Crippen LogP contribution in [0.15, 0.2) is 34.1 Å². The van der Waals surface area contributed by atoms with Crippen molar-refractivity contribution in [3.63, 3.8) is 0 Å². The first-order valence-electron chi connectivity index (χ1n) is 7.07. The Hall–Kier alpha value is -1.27. The normalized spacial score (nSPS) is 21.5. The average molecular weight is 322 g/mol. The van der Waals surface area contributed by atoms with Crippen molar-refractivity contribution in [1.29, 1.82) is 0 Å². The summed E-state index contributed by atoms with van der Waals surface area (Å²) in [6, 6.07) is 8.54. The third kappa shape index (κ3) is 2.87. The topological polar surface area (TPSA) is 49.7 Å². The molecule has 0 N–H and O–H groups in total. The summed E-state index contributed by atoms with van der Waals surface area (Å²) in [6.45, 7) is 4.89. The minimum atomic E-state index is -3.27. The largest absolute Gasteiger partial charge is 0.318 e. The SMILES string of the molecule is CC[C@H](C)c1ccc(C2=CSC3=NS(=O)(=O)CCN23)cc1. The molecule has 1 atom stereocenters. The lowest BCUT2D eigenvalue weighted by Gasteiger charge is -2.25. The quantitative estimate of drug-likeness (QED) is 0.857. The van der Waals surface area contributed by atoms with E-state index in [4.69, 9.17) is 0 Å². The summed E-state index contributed by atoms with van der Waals surface area (Å²) < 4.78 is 26.9. The molecule has 0 fully saturated rings. The molecule has 0 saturated carbocycles. The molecule has 0 aromatic heterocycles. The van der Waals surface area contributed by atoms with E-state index < -0.39 is 10.0 Å². The van der Waals surface area contributed by atoms with Gasteiger partial charge in [0.05, 0.1) is 11.4 Å². The summed E-state index contributed by atoms with van der Waals surface area (Å²) in [5.74, 6) is 0.641. The van der Waals surface area contributed by atoms with Crippen LogP contribution in [0.1, 0.15) is 37.3 Å². The van der Waals surface area contributed by atoms with Crippen molar-refractivity contribution < 1.29 is 8.42 Å². The first kappa shape index (κ1) is 14.7.